The van der Waals surface area contributed by atoms with Crippen LogP contribution in [-0.2, 0) is 11.2 Å². The first kappa shape index (κ1) is 18.1. The maximum atomic E-state index is 12.2. The van der Waals surface area contributed by atoms with Crippen LogP contribution in [-0.4, -0.2) is 35.5 Å². The van der Waals surface area contributed by atoms with Crippen molar-refractivity contribution in [2.45, 2.75) is 46.0 Å². The largest absolute Gasteiger partial charge is 0.356 e. The highest BCUT2D eigenvalue weighted by Gasteiger charge is 2.14. The molecule has 0 aromatic carbocycles. The molecule has 6 nitrogen and oxygen atoms in total. The van der Waals surface area contributed by atoms with Gasteiger partial charge in [0, 0.05) is 24.3 Å². The number of aromatic nitrogens is 2. The molecule has 1 aliphatic heterocycles. The molecule has 3 rings (SSSR count). The molecule has 3 heterocycles. The number of nitrogens with zero attached hydrogens (tertiary/aromatic N) is 1. The predicted octanol–water partition coefficient (Wildman–Crippen LogP) is 2.04. The zero-order valence-electron chi connectivity index (χ0n) is 14.9. The second-order valence-corrected chi connectivity index (χ2v) is 8.03. The van der Waals surface area contributed by atoms with E-state index < -0.39 is 0 Å². The molecule has 1 unspecified atom stereocenters. The summed E-state index contributed by atoms with van der Waals surface area (Å²) in [6.45, 7) is 6.83. The number of H-pyrrole nitrogens is 1. The predicted molar refractivity (Wildman–Crippen MR) is 101 cm³/mol. The van der Waals surface area contributed by atoms with Gasteiger partial charge in [0.05, 0.1) is 5.39 Å². The van der Waals surface area contributed by atoms with Crippen LogP contribution < -0.4 is 16.2 Å². The Labute approximate surface area is 151 Å². The zero-order chi connectivity index (χ0) is 17.8. The molecule has 7 heteroatoms. The summed E-state index contributed by atoms with van der Waals surface area (Å²) in [6.07, 6.45) is 4.29. The zero-order valence-corrected chi connectivity index (χ0v) is 15.7. The minimum absolute atomic E-state index is 0.0186. The summed E-state index contributed by atoms with van der Waals surface area (Å²) < 4.78 is 0. The fourth-order valence-corrected chi connectivity index (χ4v) is 4.37. The van der Waals surface area contributed by atoms with Crippen LogP contribution >= 0.6 is 11.3 Å². The molecular formula is C18H26N4O2S. The molecule has 0 radical (unpaired) electrons. The second kappa shape index (κ2) is 8.10. The average Bonchev–Trinajstić information content (AvgIpc) is 2.88. The van der Waals surface area contributed by atoms with Crippen molar-refractivity contribution in [2.75, 3.05) is 19.6 Å². The van der Waals surface area contributed by atoms with E-state index in [-0.39, 0.29) is 11.5 Å². The van der Waals surface area contributed by atoms with Crippen molar-refractivity contribution in [3.8, 4) is 0 Å². The van der Waals surface area contributed by atoms with Crippen LogP contribution in [0, 0.1) is 19.8 Å². The van der Waals surface area contributed by atoms with E-state index >= 15 is 0 Å². The molecule has 0 spiro atoms. The summed E-state index contributed by atoms with van der Waals surface area (Å²) in [4.78, 5) is 33.5. The number of piperidine rings is 1. The molecule has 0 aliphatic carbocycles. The summed E-state index contributed by atoms with van der Waals surface area (Å²) in [7, 11) is 0. The molecule has 2 aromatic heterocycles. The molecule has 1 atom stereocenters. The van der Waals surface area contributed by atoms with E-state index in [2.05, 4.69) is 20.6 Å². The number of rotatable bonds is 6. The molecule has 3 N–H and O–H groups in total. The van der Waals surface area contributed by atoms with Crippen molar-refractivity contribution in [3.63, 3.8) is 0 Å². The number of hydrogen-bond acceptors (Lipinski definition) is 5. The first-order chi connectivity index (χ1) is 12.0. The third-order valence-corrected chi connectivity index (χ3v) is 6.05. The minimum Gasteiger partial charge on any atom is -0.356 e. The normalized spacial score (nSPS) is 17.8. The summed E-state index contributed by atoms with van der Waals surface area (Å²) in [5.41, 5.74) is 0.891. The highest BCUT2D eigenvalue weighted by atomic mass is 32.1. The Hall–Kier alpha value is -1.73. The number of fused-ring (bicyclic) bond motifs is 1. The smallest absolute Gasteiger partial charge is 0.259 e. The van der Waals surface area contributed by atoms with Crippen LogP contribution in [0.2, 0.25) is 0 Å². The van der Waals surface area contributed by atoms with Gasteiger partial charge in [0.15, 0.2) is 0 Å². The standard InChI is InChI=1S/C18H26N4O2S/c1-11-12(2)25-18-16(11)17(24)21-14(22-18)5-6-15(23)20-9-7-13-4-3-8-19-10-13/h13,19H,3-10H2,1-2H3,(H,20,23)(H,21,22,24). The van der Waals surface area contributed by atoms with Gasteiger partial charge in [-0.2, -0.15) is 0 Å². The Balaban J connectivity index is 1.50. The van der Waals surface area contributed by atoms with Crippen LogP contribution in [0.3, 0.4) is 0 Å². The number of nitrogens with one attached hydrogen (secondary N) is 3. The Morgan fingerprint density at radius 3 is 3.00 bits per heavy atom. The first-order valence-electron chi connectivity index (χ1n) is 9.01. The number of amides is 1. The van der Waals surface area contributed by atoms with Crippen LogP contribution in [0.15, 0.2) is 4.79 Å². The highest BCUT2D eigenvalue weighted by molar-refractivity contribution is 7.18. The lowest BCUT2D eigenvalue weighted by molar-refractivity contribution is -0.121. The van der Waals surface area contributed by atoms with E-state index in [1.165, 1.54) is 24.2 Å². The molecule has 1 amide bonds. The van der Waals surface area contributed by atoms with Gasteiger partial charge < -0.3 is 15.6 Å². The number of aryl methyl sites for hydroxylation is 3. The quantitative estimate of drug-likeness (QED) is 0.734. The van der Waals surface area contributed by atoms with Gasteiger partial charge in [0.1, 0.15) is 10.7 Å². The second-order valence-electron chi connectivity index (χ2n) is 6.83. The molecular weight excluding hydrogens is 336 g/mol. The van der Waals surface area contributed by atoms with E-state index in [4.69, 9.17) is 0 Å². The van der Waals surface area contributed by atoms with Crippen molar-refractivity contribution < 1.29 is 4.79 Å². The van der Waals surface area contributed by atoms with Crippen LogP contribution in [0.5, 0.6) is 0 Å². The highest BCUT2D eigenvalue weighted by Crippen LogP contribution is 2.25. The average molecular weight is 362 g/mol. The number of aromatic amines is 1. The number of hydrogen-bond donors (Lipinski definition) is 3. The monoisotopic (exact) mass is 362 g/mol. The lowest BCUT2D eigenvalue weighted by atomic mass is 9.96. The molecule has 0 bridgehead atoms. The lowest BCUT2D eigenvalue weighted by Crippen LogP contribution is -2.33. The number of carbonyl (C=O) groups excluding carboxylic acids is 1. The summed E-state index contributed by atoms with van der Waals surface area (Å²) in [5, 5.41) is 7.05. The number of thiophene rings is 1. The fourth-order valence-electron chi connectivity index (χ4n) is 3.32. The van der Waals surface area contributed by atoms with Gasteiger partial charge in [-0.1, -0.05) is 0 Å². The molecule has 0 saturated carbocycles. The Kier molecular flexibility index (Phi) is 5.86. The maximum absolute atomic E-state index is 12.2. The fraction of sp³-hybridized carbons (Fsp3) is 0.611. The van der Waals surface area contributed by atoms with Crippen molar-refractivity contribution in [1.82, 2.24) is 20.6 Å². The summed E-state index contributed by atoms with van der Waals surface area (Å²) >= 11 is 1.53. The first-order valence-corrected chi connectivity index (χ1v) is 9.82. The molecule has 1 saturated heterocycles. The third-order valence-electron chi connectivity index (χ3n) is 4.95. The topological polar surface area (TPSA) is 86.9 Å². The van der Waals surface area contributed by atoms with E-state index in [0.29, 0.717) is 30.0 Å². The molecule has 1 fully saturated rings. The van der Waals surface area contributed by atoms with Gasteiger partial charge in [-0.05, 0) is 57.7 Å². The van der Waals surface area contributed by atoms with Crippen molar-refractivity contribution in [1.29, 1.82) is 0 Å². The molecule has 136 valence electrons. The molecule has 1 aliphatic rings. The Bertz CT molecular complexity index is 805. The van der Waals surface area contributed by atoms with E-state index in [0.717, 1.165) is 41.3 Å². The molecule has 2 aromatic rings. The number of carbonyl (C=O) groups is 1. The summed E-state index contributed by atoms with van der Waals surface area (Å²) in [6, 6.07) is 0. The van der Waals surface area contributed by atoms with Gasteiger partial charge >= 0.3 is 0 Å². The van der Waals surface area contributed by atoms with E-state index in [9.17, 15) is 9.59 Å². The van der Waals surface area contributed by atoms with Gasteiger partial charge in [-0.15, -0.1) is 11.3 Å². The lowest BCUT2D eigenvalue weighted by Gasteiger charge is -2.22. The summed E-state index contributed by atoms with van der Waals surface area (Å²) in [5.74, 6) is 1.27. The Morgan fingerprint density at radius 2 is 2.24 bits per heavy atom. The van der Waals surface area contributed by atoms with Crippen molar-refractivity contribution in [3.05, 3.63) is 26.6 Å². The van der Waals surface area contributed by atoms with Gasteiger partial charge in [-0.3, -0.25) is 9.59 Å². The molecule has 25 heavy (non-hydrogen) atoms. The SMILES string of the molecule is Cc1sc2nc(CCC(=O)NCCC3CCCNC3)[nH]c(=O)c2c1C. The van der Waals surface area contributed by atoms with Crippen molar-refractivity contribution >= 4 is 27.5 Å². The van der Waals surface area contributed by atoms with Gasteiger partial charge in [0.25, 0.3) is 5.56 Å². The van der Waals surface area contributed by atoms with E-state index in [1.54, 1.807) is 0 Å². The van der Waals surface area contributed by atoms with Crippen molar-refractivity contribution in [2.24, 2.45) is 5.92 Å². The minimum atomic E-state index is -0.105. The van der Waals surface area contributed by atoms with Crippen LogP contribution in [0.4, 0.5) is 0 Å². The maximum Gasteiger partial charge on any atom is 0.259 e. The van der Waals surface area contributed by atoms with Gasteiger partial charge in [0.2, 0.25) is 5.91 Å². The van der Waals surface area contributed by atoms with E-state index in [1.807, 2.05) is 13.8 Å². The Morgan fingerprint density at radius 1 is 1.40 bits per heavy atom. The van der Waals surface area contributed by atoms with Crippen LogP contribution in [0.25, 0.3) is 10.2 Å². The third kappa shape index (κ3) is 4.46. The van der Waals surface area contributed by atoms with Crippen LogP contribution in [0.1, 0.15) is 41.9 Å². The van der Waals surface area contributed by atoms with Gasteiger partial charge in [-0.25, -0.2) is 4.98 Å².